The zero-order chi connectivity index (χ0) is 10.1. The lowest BCUT2D eigenvalue weighted by molar-refractivity contribution is 0.444. The molecule has 1 saturated heterocycles. The Hall–Kier alpha value is -1.03. The van der Waals surface area contributed by atoms with E-state index in [0.717, 1.165) is 25.1 Å². The van der Waals surface area contributed by atoms with Crippen molar-refractivity contribution < 1.29 is 13.2 Å². The first-order valence-corrected chi connectivity index (χ1v) is 4.53. The van der Waals surface area contributed by atoms with Gasteiger partial charge in [0.05, 0.1) is 0 Å². The number of rotatable bonds is 1. The van der Waals surface area contributed by atoms with E-state index in [1.807, 2.05) is 0 Å². The molecule has 1 unspecified atom stereocenters. The Kier molecular flexibility index (Phi) is 2.46. The third-order valence-corrected chi connectivity index (χ3v) is 2.54. The Morgan fingerprint density at radius 2 is 1.79 bits per heavy atom. The molecule has 2 rings (SSSR count). The average molecular weight is 201 g/mol. The average Bonchev–Trinajstić information content (AvgIpc) is 2.66. The van der Waals surface area contributed by atoms with Gasteiger partial charge in [-0.2, -0.15) is 0 Å². The summed E-state index contributed by atoms with van der Waals surface area (Å²) in [4.78, 5) is 0. The maximum absolute atomic E-state index is 12.9. The maximum Gasteiger partial charge on any atom is 0.194 e. The van der Waals surface area contributed by atoms with E-state index in [2.05, 4.69) is 5.32 Å². The molecule has 1 fully saturated rings. The van der Waals surface area contributed by atoms with Gasteiger partial charge in [0.1, 0.15) is 0 Å². The van der Waals surface area contributed by atoms with Crippen LogP contribution in [0.1, 0.15) is 17.9 Å². The molecule has 0 radical (unpaired) electrons. The standard InChI is InChI=1S/C10H10F3N/c11-8-3-7(4-9(12)10(8)13)6-1-2-14-5-6/h3-4,6,14H,1-2,5H2. The van der Waals surface area contributed by atoms with E-state index in [4.69, 9.17) is 0 Å². The molecular weight excluding hydrogens is 191 g/mol. The summed E-state index contributed by atoms with van der Waals surface area (Å²) in [6, 6.07) is 2.16. The number of nitrogens with one attached hydrogen (secondary N) is 1. The highest BCUT2D eigenvalue weighted by atomic mass is 19.2. The van der Waals surface area contributed by atoms with Crippen LogP contribution in [-0.4, -0.2) is 13.1 Å². The summed E-state index contributed by atoms with van der Waals surface area (Å²) in [6.07, 6.45) is 0.838. The molecule has 1 aliphatic heterocycles. The summed E-state index contributed by atoms with van der Waals surface area (Å²) >= 11 is 0. The first-order valence-electron chi connectivity index (χ1n) is 4.53. The molecule has 0 aliphatic carbocycles. The van der Waals surface area contributed by atoms with Crippen LogP contribution < -0.4 is 5.32 Å². The Labute approximate surface area is 79.9 Å². The molecule has 0 spiro atoms. The molecule has 1 atom stereocenters. The van der Waals surface area contributed by atoms with E-state index in [1.54, 1.807) is 0 Å². The Balaban J connectivity index is 2.34. The minimum absolute atomic E-state index is 0.0969. The van der Waals surface area contributed by atoms with E-state index in [9.17, 15) is 13.2 Å². The molecular formula is C10H10F3N. The van der Waals surface area contributed by atoms with Crippen LogP contribution >= 0.6 is 0 Å². The van der Waals surface area contributed by atoms with Crippen LogP contribution in [0, 0.1) is 17.5 Å². The van der Waals surface area contributed by atoms with Gasteiger partial charge in [0.15, 0.2) is 17.5 Å². The van der Waals surface area contributed by atoms with Crippen LogP contribution in [-0.2, 0) is 0 Å². The monoisotopic (exact) mass is 201 g/mol. The highest BCUT2D eigenvalue weighted by molar-refractivity contribution is 5.24. The third-order valence-electron chi connectivity index (χ3n) is 2.54. The molecule has 1 aromatic carbocycles. The number of hydrogen-bond acceptors (Lipinski definition) is 1. The van der Waals surface area contributed by atoms with Gasteiger partial charge in [-0.1, -0.05) is 0 Å². The molecule has 14 heavy (non-hydrogen) atoms. The smallest absolute Gasteiger partial charge is 0.194 e. The SMILES string of the molecule is Fc1cc(C2CCNC2)cc(F)c1F. The van der Waals surface area contributed by atoms with Gasteiger partial charge < -0.3 is 5.32 Å². The van der Waals surface area contributed by atoms with Gasteiger partial charge in [0.2, 0.25) is 0 Å². The summed E-state index contributed by atoms with van der Waals surface area (Å²) < 4.78 is 38.3. The van der Waals surface area contributed by atoms with Crippen LogP contribution in [0.25, 0.3) is 0 Å². The minimum atomic E-state index is -1.39. The van der Waals surface area contributed by atoms with Crippen LogP contribution in [0.15, 0.2) is 12.1 Å². The quantitative estimate of drug-likeness (QED) is 0.687. The lowest BCUT2D eigenvalue weighted by Crippen LogP contribution is -2.08. The highest BCUT2D eigenvalue weighted by Gasteiger charge is 2.20. The molecule has 0 amide bonds. The summed E-state index contributed by atoms with van der Waals surface area (Å²) in [7, 11) is 0. The first-order chi connectivity index (χ1) is 6.68. The summed E-state index contributed by atoms with van der Waals surface area (Å²) in [5.41, 5.74) is 0.534. The highest BCUT2D eigenvalue weighted by Crippen LogP contribution is 2.25. The fourth-order valence-corrected chi connectivity index (χ4v) is 1.75. The van der Waals surface area contributed by atoms with Gasteiger partial charge in [-0.3, -0.25) is 0 Å². The fraction of sp³-hybridized carbons (Fsp3) is 0.400. The van der Waals surface area contributed by atoms with Crippen LogP contribution in [0.5, 0.6) is 0 Å². The zero-order valence-electron chi connectivity index (χ0n) is 7.49. The molecule has 0 bridgehead atoms. The topological polar surface area (TPSA) is 12.0 Å². The van der Waals surface area contributed by atoms with Crippen LogP contribution in [0.4, 0.5) is 13.2 Å². The van der Waals surface area contributed by atoms with Crippen molar-refractivity contribution in [1.29, 1.82) is 0 Å². The molecule has 1 N–H and O–H groups in total. The van der Waals surface area contributed by atoms with Crippen molar-refractivity contribution in [2.24, 2.45) is 0 Å². The van der Waals surface area contributed by atoms with Crippen molar-refractivity contribution in [3.8, 4) is 0 Å². The van der Waals surface area contributed by atoms with Gasteiger partial charge in [-0.15, -0.1) is 0 Å². The second kappa shape index (κ2) is 3.61. The molecule has 4 heteroatoms. The zero-order valence-corrected chi connectivity index (χ0v) is 7.49. The largest absolute Gasteiger partial charge is 0.316 e. The number of halogens is 3. The van der Waals surface area contributed by atoms with E-state index in [1.165, 1.54) is 0 Å². The lowest BCUT2D eigenvalue weighted by atomic mass is 9.98. The van der Waals surface area contributed by atoms with E-state index in [-0.39, 0.29) is 5.92 Å². The molecule has 76 valence electrons. The molecule has 0 aromatic heterocycles. The van der Waals surface area contributed by atoms with Crippen molar-refractivity contribution in [1.82, 2.24) is 5.32 Å². The van der Waals surface area contributed by atoms with Gasteiger partial charge >= 0.3 is 0 Å². The maximum atomic E-state index is 12.9. The van der Waals surface area contributed by atoms with E-state index < -0.39 is 17.5 Å². The Morgan fingerprint density at radius 1 is 1.14 bits per heavy atom. The number of hydrogen-bond donors (Lipinski definition) is 1. The predicted octanol–water partition coefficient (Wildman–Crippen LogP) is 2.18. The lowest BCUT2D eigenvalue weighted by Gasteiger charge is -2.09. The summed E-state index contributed by atoms with van der Waals surface area (Å²) in [5, 5.41) is 3.09. The minimum Gasteiger partial charge on any atom is -0.316 e. The Bertz CT molecular complexity index is 322. The number of benzene rings is 1. The van der Waals surface area contributed by atoms with Crippen molar-refractivity contribution in [3.63, 3.8) is 0 Å². The second-order valence-electron chi connectivity index (χ2n) is 3.49. The Morgan fingerprint density at radius 3 is 2.29 bits per heavy atom. The van der Waals surface area contributed by atoms with Crippen molar-refractivity contribution in [2.45, 2.75) is 12.3 Å². The fourth-order valence-electron chi connectivity index (χ4n) is 1.75. The van der Waals surface area contributed by atoms with E-state index >= 15 is 0 Å². The molecule has 1 aromatic rings. The molecule has 1 heterocycles. The second-order valence-corrected chi connectivity index (χ2v) is 3.49. The van der Waals surface area contributed by atoms with Crippen molar-refractivity contribution in [2.75, 3.05) is 13.1 Å². The van der Waals surface area contributed by atoms with Crippen LogP contribution in [0.3, 0.4) is 0 Å². The van der Waals surface area contributed by atoms with Crippen molar-refractivity contribution >= 4 is 0 Å². The van der Waals surface area contributed by atoms with Gasteiger partial charge in [-0.05, 0) is 36.6 Å². The first kappa shape index (κ1) is 9.52. The molecule has 0 saturated carbocycles. The predicted molar refractivity (Wildman–Crippen MR) is 46.5 cm³/mol. The normalized spacial score (nSPS) is 21.5. The van der Waals surface area contributed by atoms with Gasteiger partial charge in [0, 0.05) is 6.54 Å². The molecule has 1 aliphatic rings. The molecule has 1 nitrogen and oxygen atoms in total. The van der Waals surface area contributed by atoms with Crippen molar-refractivity contribution in [3.05, 3.63) is 35.1 Å². The summed E-state index contributed by atoms with van der Waals surface area (Å²) in [6.45, 7) is 1.54. The van der Waals surface area contributed by atoms with Gasteiger partial charge in [-0.25, -0.2) is 13.2 Å². The van der Waals surface area contributed by atoms with Crippen LogP contribution in [0.2, 0.25) is 0 Å². The van der Waals surface area contributed by atoms with Gasteiger partial charge in [0.25, 0.3) is 0 Å². The third kappa shape index (κ3) is 1.62. The van der Waals surface area contributed by atoms with E-state index in [0.29, 0.717) is 12.1 Å². The summed E-state index contributed by atoms with van der Waals surface area (Å²) in [5.74, 6) is -3.50.